The fourth-order valence-electron chi connectivity index (χ4n) is 2.56. The van der Waals surface area contributed by atoms with E-state index < -0.39 is 25.9 Å². The van der Waals surface area contributed by atoms with Crippen LogP contribution in [0.4, 0.5) is 0 Å². The third-order valence-corrected chi connectivity index (χ3v) is 6.65. The van der Waals surface area contributed by atoms with Crippen LogP contribution in [0.5, 0.6) is 11.5 Å². The van der Waals surface area contributed by atoms with E-state index >= 15 is 0 Å². The molecular formula is C17H19NO6S2. The Labute approximate surface area is 152 Å². The van der Waals surface area contributed by atoms with Crippen molar-refractivity contribution in [2.75, 3.05) is 19.5 Å². The minimum Gasteiger partial charge on any atom is -0.486 e. The first kappa shape index (κ1) is 18.7. The molecule has 140 valence electrons. The molecule has 0 fully saturated rings. The van der Waals surface area contributed by atoms with Crippen LogP contribution in [0, 0.1) is 0 Å². The highest BCUT2D eigenvalue weighted by atomic mass is 32.2. The van der Waals surface area contributed by atoms with Gasteiger partial charge in [0.1, 0.15) is 13.2 Å². The summed E-state index contributed by atoms with van der Waals surface area (Å²) in [5.74, 6) is 1.21. The van der Waals surface area contributed by atoms with Gasteiger partial charge in [0.2, 0.25) is 10.0 Å². The highest BCUT2D eigenvalue weighted by Crippen LogP contribution is 2.33. The van der Waals surface area contributed by atoms with Crippen LogP contribution in [0.3, 0.4) is 0 Å². The summed E-state index contributed by atoms with van der Waals surface area (Å²) in [7, 11) is -7.19. The van der Waals surface area contributed by atoms with Gasteiger partial charge in [0.25, 0.3) is 0 Å². The summed E-state index contributed by atoms with van der Waals surface area (Å²) >= 11 is 0. The number of benzene rings is 2. The second-order valence-corrected chi connectivity index (χ2v) is 9.72. The summed E-state index contributed by atoms with van der Waals surface area (Å²) in [6.07, 6.45) is 1.07. The van der Waals surface area contributed by atoms with Crippen LogP contribution in [0.15, 0.2) is 52.3 Å². The average molecular weight is 397 g/mol. The molecule has 7 nitrogen and oxygen atoms in total. The largest absolute Gasteiger partial charge is 0.486 e. The molecule has 1 atom stereocenters. The van der Waals surface area contributed by atoms with Crippen LogP contribution >= 0.6 is 0 Å². The maximum absolute atomic E-state index is 12.5. The highest BCUT2D eigenvalue weighted by Gasteiger charge is 2.21. The van der Waals surface area contributed by atoms with E-state index in [0.29, 0.717) is 24.7 Å². The monoisotopic (exact) mass is 397 g/mol. The molecule has 0 radical (unpaired) electrons. The quantitative estimate of drug-likeness (QED) is 0.827. The van der Waals surface area contributed by atoms with Gasteiger partial charge in [-0.25, -0.2) is 21.6 Å². The predicted octanol–water partition coefficient (Wildman–Crippen LogP) is 1.90. The Morgan fingerprint density at radius 2 is 1.46 bits per heavy atom. The Morgan fingerprint density at radius 1 is 0.885 bits per heavy atom. The number of rotatable bonds is 5. The van der Waals surface area contributed by atoms with Gasteiger partial charge in [-0.3, -0.25) is 0 Å². The van der Waals surface area contributed by atoms with Gasteiger partial charge >= 0.3 is 0 Å². The summed E-state index contributed by atoms with van der Waals surface area (Å²) in [5.41, 5.74) is 0.727. The molecule has 1 aliphatic heterocycles. The van der Waals surface area contributed by atoms with Crippen LogP contribution in [-0.2, 0) is 19.9 Å². The molecule has 0 saturated heterocycles. The maximum atomic E-state index is 12.5. The van der Waals surface area contributed by atoms with Gasteiger partial charge in [-0.1, -0.05) is 6.07 Å². The molecule has 0 bridgehead atoms. The molecular weight excluding hydrogens is 378 g/mol. The van der Waals surface area contributed by atoms with Crippen LogP contribution in [-0.4, -0.2) is 36.3 Å². The van der Waals surface area contributed by atoms with Crippen molar-refractivity contribution in [2.24, 2.45) is 0 Å². The van der Waals surface area contributed by atoms with Gasteiger partial charge in [-0.2, -0.15) is 0 Å². The van der Waals surface area contributed by atoms with E-state index in [0.717, 1.165) is 11.8 Å². The lowest BCUT2D eigenvalue weighted by Gasteiger charge is -2.21. The Bertz CT molecular complexity index is 1010. The number of ether oxygens (including phenoxy) is 2. The van der Waals surface area contributed by atoms with Gasteiger partial charge in [0.05, 0.1) is 9.79 Å². The number of fused-ring (bicyclic) bond motifs is 1. The van der Waals surface area contributed by atoms with E-state index in [9.17, 15) is 16.8 Å². The standard InChI is InChI=1S/C17H19NO6S2/c1-12(13-3-8-16-17(11-13)24-10-9-23-16)18-26(21,22)15-6-4-14(5-7-15)25(2,19)20/h3-8,11-12,18H,9-10H2,1-2H3/t12-/m1/s1. The molecule has 0 unspecified atom stereocenters. The predicted molar refractivity (Wildman–Crippen MR) is 95.7 cm³/mol. The van der Waals surface area contributed by atoms with Crippen molar-refractivity contribution in [3.63, 3.8) is 0 Å². The Morgan fingerprint density at radius 3 is 2.08 bits per heavy atom. The SMILES string of the molecule is C[C@@H](NS(=O)(=O)c1ccc(S(C)(=O)=O)cc1)c1ccc2c(c1)OCCO2. The summed E-state index contributed by atoms with van der Waals surface area (Å²) in [5, 5.41) is 0. The number of hydrogen-bond acceptors (Lipinski definition) is 6. The summed E-state index contributed by atoms with van der Waals surface area (Å²) in [4.78, 5) is 0.0608. The Balaban J connectivity index is 1.80. The molecule has 0 amide bonds. The molecule has 0 saturated carbocycles. The fraction of sp³-hybridized carbons (Fsp3) is 0.294. The van der Waals surface area contributed by atoms with E-state index in [1.54, 1.807) is 25.1 Å². The second-order valence-electron chi connectivity index (χ2n) is 5.99. The molecule has 26 heavy (non-hydrogen) atoms. The number of sulfonamides is 1. The molecule has 9 heteroatoms. The third kappa shape index (κ3) is 4.00. The van der Waals surface area contributed by atoms with Crippen molar-refractivity contribution in [2.45, 2.75) is 22.8 Å². The highest BCUT2D eigenvalue weighted by molar-refractivity contribution is 7.90. The molecule has 0 spiro atoms. The number of hydrogen-bond donors (Lipinski definition) is 1. The van der Waals surface area contributed by atoms with E-state index in [4.69, 9.17) is 9.47 Å². The first-order valence-electron chi connectivity index (χ1n) is 7.89. The van der Waals surface area contributed by atoms with Crippen LogP contribution in [0.2, 0.25) is 0 Å². The molecule has 2 aromatic carbocycles. The lowest BCUT2D eigenvalue weighted by molar-refractivity contribution is 0.171. The van der Waals surface area contributed by atoms with Crippen molar-refractivity contribution in [3.05, 3.63) is 48.0 Å². The van der Waals surface area contributed by atoms with Gasteiger partial charge in [-0.05, 0) is 48.9 Å². The number of sulfone groups is 1. The first-order chi connectivity index (χ1) is 12.2. The van der Waals surface area contributed by atoms with Crippen molar-refractivity contribution in [1.82, 2.24) is 4.72 Å². The van der Waals surface area contributed by atoms with Gasteiger partial charge in [0, 0.05) is 12.3 Å². The minimum atomic E-state index is -3.81. The molecule has 0 aliphatic carbocycles. The molecule has 2 aromatic rings. The van der Waals surface area contributed by atoms with Crippen LogP contribution < -0.4 is 14.2 Å². The minimum absolute atomic E-state index is 0.00528. The van der Waals surface area contributed by atoms with Crippen molar-refractivity contribution in [1.29, 1.82) is 0 Å². The van der Waals surface area contributed by atoms with Crippen molar-refractivity contribution < 1.29 is 26.3 Å². The average Bonchev–Trinajstić information content (AvgIpc) is 2.60. The molecule has 3 rings (SSSR count). The zero-order valence-corrected chi connectivity index (χ0v) is 15.9. The van der Waals surface area contributed by atoms with E-state index in [2.05, 4.69) is 4.72 Å². The zero-order chi connectivity index (χ0) is 18.9. The smallest absolute Gasteiger partial charge is 0.241 e. The van der Waals surface area contributed by atoms with E-state index in [1.807, 2.05) is 0 Å². The molecule has 0 aromatic heterocycles. The molecule has 1 N–H and O–H groups in total. The van der Waals surface area contributed by atoms with Crippen molar-refractivity contribution in [3.8, 4) is 11.5 Å². The molecule has 1 aliphatic rings. The van der Waals surface area contributed by atoms with E-state index in [-0.39, 0.29) is 9.79 Å². The number of nitrogens with one attached hydrogen (secondary N) is 1. The third-order valence-electron chi connectivity index (χ3n) is 3.96. The Hall–Kier alpha value is -2.10. The van der Waals surface area contributed by atoms with Crippen molar-refractivity contribution >= 4 is 19.9 Å². The Kier molecular flexibility index (Phi) is 4.96. The zero-order valence-electron chi connectivity index (χ0n) is 14.3. The summed E-state index contributed by atoms with van der Waals surface area (Å²) in [6, 6.07) is 9.85. The topological polar surface area (TPSA) is 98.8 Å². The normalized spacial score (nSPS) is 15.5. The van der Waals surface area contributed by atoms with Crippen LogP contribution in [0.25, 0.3) is 0 Å². The summed E-state index contributed by atoms with van der Waals surface area (Å²) in [6.45, 7) is 2.65. The summed E-state index contributed by atoms with van der Waals surface area (Å²) < 4.78 is 61.6. The van der Waals surface area contributed by atoms with Gasteiger partial charge in [-0.15, -0.1) is 0 Å². The fourth-order valence-corrected chi connectivity index (χ4v) is 4.43. The molecule has 1 heterocycles. The van der Waals surface area contributed by atoms with E-state index in [1.165, 1.54) is 24.3 Å². The lowest BCUT2D eigenvalue weighted by Crippen LogP contribution is -2.27. The second kappa shape index (κ2) is 6.90. The first-order valence-corrected chi connectivity index (χ1v) is 11.3. The van der Waals surface area contributed by atoms with Gasteiger partial charge in [0.15, 0.2) is 21.3 Å². The van der Waals surface area contributed by atoms with Crippen LogP contribution in [0.1, 0.15) is 18.5 Å². The van der Waals surface area contributed by atoms with Gasteiger partial charge < -0.3 is 9.47 Å². The lowest BCUT2D eigenvalue weighted by atomic mass is 10.1. The maximum Gasteiger partial charge on any atom is 0.241 e.